The predicted octanol–water partition coefficient (Wildman–Crippen LogP) is 2.79. The summed E-state index contributed by atoms with van der Waals surface area (Å²) in [6, 6.07) is 3.41. The van der Waals surface area contributed by atoms with Crippen molar-refractivity contribution in [3.05, 3.63) is 22.7 Å². The maximum Gasteiger partial charge on any atom is 0.179 e. The first-order chi connectivity index (χ1) is 9.24. The van der Waals surface area contributed by atoms with E-state index in [4.69, 9.17) is 30.9 Å². The lowest BCUT2D eigenvalue weighted by atomic mass is 10.1. The molecule has 0 spiro atoms. The zero-order chi connectivity index (χ0) is 13.7. The van der Waals surface area contributed by atoms with Crippen LogP contribution in [-0.4, -0.2) is 31.5 Å². The van der Waals surface area contributed by atoms with Crippen LogP contribution >= 0.6 is 11.6 Å². The van der Waals surface area contributed by atoms with Gasteiger partial charge in [-0.2, -0.15) is 0 Å². The first-order valence-corrected chi connectivity index (χ1v) is 6.84. The molecule has 2 rings (SSSR count). The van der Waals surface area contributed by atoms with E-state index in [9.17, 15) is 0 Å². The molecule has 1 saturated heterocycles. The molecule has 1 unspecified atom stereocenters. The van der Waals surface area contributed by atoms with Gasteiger partial charge in [0, 0.05) is 6.61 Å². The van der Waals surface area contributed by atoms with Gasteiger partial charge in [0.2, 0.25) is 0 Å². The highest BCUT2D eigenvalue weighted by Gasteiger charge is 2.17. The lowest BCUT2D eigenvalue weighted by Crippen LogP contribution is -2.26. The van der Waals surface area contributed by atoms with Gasteiger partial charge in [0.25, 0.3) is 0 Å². The number of aliphatic hydroxyl groups is 1. The number of methoxy groups -OCH3 is 1. The number of aliphatic hydroxyl groups excluding tert-OH is 1. The molecule has 5 heteroatoms. The van der Waals surface area contributed by atoms with Crippen molar-refractivity contribution < 1.29 is 19.3 Å². The van der Waals surface area contributed by atoms with Crippen LogP contribution in [0.3, 0.4) is 0 Å². The van der Waals surface area contributed by atoms with Gasteiger partial charge >= 0.3 is 0 Å². The van der Waals surface area contributed by atoms with Crippen LogP contribution in [-0.2, 0) is 11.3 Å². The van der Waals surface area contributed by atoms with E-state index in [0.29, 0.717) is 28.7 Å². The van der Waals surface area contributed by atoms with Crippen LogP contribution in [0.25, 0.3) is 0 Å². The Bertz CT molecular complexity index is 416. The van der Waals surface area contributed by atoms with Gasteiger partial charge in [-0.15, -0.1) is 0 Å². The first-order valence-electron chi connectivity index (χ1n) is 6.46. The zero-order valence-electron chi connectivity index (χ0n) is 11.0. The molecular weight excluding hydrogens is 268 g/mol. The Labute approximate surface area is 118 Å². The Morgan fingerprint density at radius 3 is 2.89 bits per heavy atom. The summed E-state index contributed by atoms with van der Waals surface area (Å²) in [6.45, 7) is 1.18. The molecule has 106 valence electrons. The predicted molar refractivity (Wildman–Crippen MR) is 73.0 cm³/mol. The fourth-order valence-electron chi connectivity index (χ4n) is 2.12. The highest BCUT2D eigenvalue weighted by molar-refractivity contribution is 6.32. The molecule has 1 fully saturated rings. The molecule has 1 N–H and O–H groups in total. The molecule has 1 heterocycles. The summed E-state index contributed by atoms with van der Waals surface area (Å²) in [5.74, 6) is 1.04. The van der Waals surface area contributed by atoms with E-state index in [2.05, 4.69) is 0 Å². The smallest absolute Gasteiger partial charge is 0.179 e. The van der Waals surface area contributed by atoms with Crippen molar-refractivity contribution in [2.45, 2.75) is 32.0 Å². The summed E-state index contributed by atoms with van der Waals surface area (Å²) in [4.78, 5) is 0. The number of hydrogen-bond donors (Lipinski definition) is 1. The van der Waals surface area contributed by atoms with Crippen LogP contribution in [0.15, 0.2) is 12.1 Å². The van der Waals surface area contributed by atoms with Crippen LogP contribution < -0.4 is 9.47 Å². The molecule has 1 aromatic rings. The van der Waals surface area contributed by atoms with Crippen molar-refractivity contribution in [2.24, 2.45) is 0 Å². The Hall–Kier alpha value is -0.970. The summed E-state index contributed by atoms with van der Waals surface area (Å²) in [7, 11) is 1.55. The third-order valence-electron chi connectivity index (χ3n) is 3.16. The second-order valence-corrected chi connectivity index (χ2v) is 4.97. The van der Waals surface area contributed by atoms with Crippen molar-refractivity contribution in [1.29, 1.82) is 0 Å². The molecule has 0 aliphatic carbocycles. The van der Waals surface area contributed by atoms with Gasteiger partial charge in [-0.1, -0.05) is 11.6 Å². The van der Waals surface area contributed by atoms with E-state index < -0.39 is 0 Å². The third-order valence-corrected chi connectivity index (χ3v) is 3.44. The Kier molecular flexibility index (Phi) is 5.31. The number of ether oxygens (including phenoxy) is 3. The van der Waals surface area contributed by atoms with Crippen molar-refractivity contribution in [3.8, 4) is 11.5 Å². The number of hydrogen-bond acceptors (Lipinski definition) is 4. The second kappa shape index (κ2) is 6.98. The van der Waals surface area contributed by atoms with E-state index in [1.807, 2.05) is 0 Å². The maximum absolute atomic E-state index is 9.13. The molecule has 0 amide bonds. The van der Waals surface area contributed by atoms with Crippen LogP contribution in [0.4, 0.5) is 0 Å². The van der Waals surface area contributed by atoms with E-state index in [0.717, 1.165) is 19.4 Å². The largest absolute Gasteiger partial charge is 0.493 e. The topological polar surface area (TPSA) is 47.9 Å². The minimum absolute atomic E-state index is 0.0813. The van der Waals surface area contributed by atoms with Crippen LogP contribution in [0.2, 0.25) is 5.02 Å². The quantitative estimate of drug-likeness (QED) is 0.904. The third kappa shape index (κ3) is 3.75. The van der Waals surface area contributed by atoms with E-state index >= 15 is 0 Å². The summed E-state index contributed by atoms with van der Waals surface area (Å²) in [5, 5.41) is 9.58. The summed E-state index contributed by atoms with van der Waals surface area (Å²) < 4.78 is 16.6. The number of benzene rings is 1. The first kappa shape index (κ1) is 14.4. The van der Waals surface area contributed by atoms with E-state index in [1.165, 1.54) is 6.42 Å². The fraction of sp³-hybridized carbons (Fsp3) is 0.571. The Balaban J connectivity index is 2.05. The van der Waals surface area contributed by atoms with Gasteiger partial charge in [0.1, 0.15) is 6.61 Å². The molecule has 1 aromatic carbocycles. The number of rotatable bonds is 5. The van der Waals surface area contributed by atoms with E-state index in [1.54, 1.807) is 19.2 Å². The van der Waals surface area contributed by atoms with Crippen molar-refractivity contribution in [3.63, 3.8) is 0 Å². The van der Waals surface area contributed by atoms with Crippen molar-refractivity contribution in [2.75, 3.05) is 20.3 Å². The summed E-state index contributed by atoms with van der Waals surface area (Å²) in [6.07, 6.45) is 3.41. The zero-order valence-corrected chi connectivity index (χ0v) is 11.8. The monoisotopic (exact) mass is 286 g/mol. The molecule has 0 saturated carbocycles. The van der Waals surface area contributed by atoms with Crippen LogP contribution in [0, 0.1) is 0 Å². The second-order valence-electron chi connectivity index (χ2n) is 4.57. The highest BCUT2D eigenvalue weighted by Crippen LogP contribution is 2.36. The minimum atomic E-state index is -0.0813. The normalized spacial score (nSPS) is 19.2. The van der Waals surface area contributed by atoms with Crippen LogP contribution in [0.1, 0.15) is 24.8 Å². The SMILES string of the molecule is COc1cc(CO)cc(Cl)c1OCC1CCCCO1. The Morgan fingerprint density at radius 2 is 2.26 bits per heavy atom. The lowest BCUT2D eigenvalue weighted by molar-refractivity contribution is -0.0114. The molecule has 4 nitrogen and oxygen atoms in total. The summed E-state index contributed by atoms with van der Waals surface area (Å²) in [5.41, 5.74) is 0.697. The van der Waals surface area contributed by atoms with E-state index in [-0.39, 0.29) is 12.7 Å². The fourth-order valence-corrected chi connectivity index (χ4v) is 2.41. The van der Waals surface area contributed by atoms with Crippen molar-refractivity contribution in [1.82, 2.24) is 0 Å². The van der Waals surface area contributed by atoms with Gasteiger partial charge in [0.05, 0.1) is 24.8 Å². The average Bonchev–Trinajstić information content (AvgIpc) is 2.46. The van der Waals surface area contributed by atoms with Gasteiger partial charge < -0.3 is 19.3 Å². The van der Waals surface area contributed by atoms with Crippen molar-refractivity contribution >= 4 is 11.6 Å². The molecule has 0 radical (unpaired) electrons. The van der Waals surface area contributed by atoms with Gasteiger partial charge in [-0.3, -0.25) is 0 Å². The Morgan fingerprint density at radius 1 is 1.42 bits per heavy atom. The minimum Gasteiger partial charge on any atom is -0.493 e. The maximum atomic E-state index is 9.13. The molecule has 1 atom stereocenters. The average molecular weight is 287 g/mol. The van der Waals surface area contributed by atoms with Gasteiger partial charge in [-0.25, -0.2) is 0 Å². The standard InChI is InChI=1S/C14H19ClO4/c1-17-13-7-10(8-16)6-12(15)14(13)19-9-11-4-2-3-5-18-11/h6-7,11,16H,2-5,8-9H2,1H3. The molecule has 1 aliphatic rings. The lowest BCUT2D eigenvalue weighted by Gasteiger charge is -2.23. The summed E-state index contributed by atoms with van der Waals surface area (Å²) >= 11 is 6.15. The number of halogens is 1. The van der Waals surface area contributed by atoms with Gasteiger partial charge in [0.15, 0.2) is 11.5 Å². The molecule has 0 aromatic heterocycles. The molecular formula is C14H19ClO4. The molecule has 1 aliphatic heterocycles. The molecule has 19 heavy (non-hydrogen) atoms. The van der Waals surface area contributed by atoms with Crippen LogP contribution in [0.5, 0.6) is 11.5 Å². The van der Waals surface area contributed by atoms with Gasteiger partial charge in [-0.05, 0) is 37.0 Å². The molecule has 0 bridgehead atoms. The highest BCUT2D eigenvalue weighted by atomic mass is 35.5.